The van der Waals surface area contributed by atoms with E-state index in [0.29, 0.717) is 5.69 Å². The van der Waals surface area contributed by atoms with Crippen LogP contribution in [0.2, 0.25) is 5.02 Å². The van der Waals surface area contributed by atoms with Crippen LogP contribution in [-0.4, -0.2) is 29.0 Å². The molecule has 0 spiro atoms. The van der Waals surface area contributed by atoms with Gasteiger partial charge < -0.3 is 5.32 Å². The fourth-order valence-corrected chi connectivity index (χ4v) is 4.31. The maximum atomic E-state index is 12.9. The number of hydrogen-bond donors (Lipinski definition) is 2. The molecule has 0 bridgehead atoms. The number of rotatable bonds is 7. The average Bonchev–Trinajstić information content (AvgIpc) is 3.27. The second kappa shape index (κ2) is 9.33. The van der Waals surface area contributed by atoms with E-state index in [1.807, 2.05) is 18.2 Å². The van der Waals surface area contributed by atoms with Gasteiger partial charge in [-0.3, -0.25) is 19.6 Å². The lowest BCUT2D eigenvalue weighted by Gasteiger charge is -2.11. The Kier molecular flexibility index (Phi) is 6.30. The minimum atomic E-state index is -3.95. The minimum Gasteiger partial charge on any atom is -0.322 e. The minimum absolute atomic E-state index is 0.0420. The molecule has 3 aromatic carbocycles. The van der Waals surface area contributed by atoms with Crippen LogP contribution < -0.4 is 10.0 Å². The van der Waals surface area contributed by atoms with Gasteiger partial charge in [-0.25, -0.2) is 13.1 Å². The van der Waals surface area contributed by atoms with Crippen molar-refractivity contribution < 1.29 is 18.1 Å². The first kappa shape index (κ1) is 23.0. The number of sulfonamides is 1. The van der Waals surface area contributed by atoms with Crippen molar-refractivity contribution in [2.24, 2.45) is 0 Å². The van der Waals surface area contributed by atoms with Gasteiger partial charge in [0.05, 0.1) is 32.3 Å². The number of amides is 1. The van der Waals surface area contributed by atoms with Crippen LogP contribution >= 0.6 is 11.6 Å². The molecule has 4 aromatic rings. The lowest BCUT2D eigenvalue weighted by atomic mass is 10.2. The van der Waals surface area contributed by atoms with Crippen molar-refractivity contribution in [3.63, 3.8) is 0 Å². The smallest absolute Gasteiger partial charge is 0.270 e. The van der Waals surface area contributed by atoms with Gasteiger partial charge in [-0.2, -0.15) is 5.10 Å². The van der Waals surface area contributed by atoms with Crippen LogP contribution in [0.25, 0.3) is 5.69 Å². The summed E-state index contributed by atoms with van der Waals surface area (Å²) in [6, 6.07) is 19.5. The number of nitrogens with one attached hydrogen (secondary N) is 2. The van der Waals surface area contributed by atoms with E-state index in [-0.39, 0.29) is 32.7 Å². The molecule has 1 aromatic heterocycles. The predicted molar refractivity (Wildman–Crippen MR) is 127 cm³/mol. The number of anilines is 2. The van der Waals surface area contributed by atoms with Gasteiger partial charge >= 0.3 is 0 Å². The van der Waals surface area contributed by atoms with Gasteiger partial charge in [0.25, 0.3) is 21.6 Å². The Hall–Kier alpha value is -4.22. The molecule has 4 rings (SSSR count). The van der Waals surface area contributed by atoms with E-state index in [0.717, 1.165) is 6.07 Å². The van der Waals surface area contributed by atoms with Crippen molar-refractivity contribution in [2.45, 2.75) is 4.90 Å². The summed E-state index contributed by atoms with van der Waals surface area (Å²) < 4.78 is 29.7. The van der Waals surface area contributed by atoms with E-state index in [1.165, 1.54) is 53.3 Å². The van der Waals surface area contributed by atoms with E-state index in [9.17, 15) is 23.3 Å². The summed E-state index contributed by atoms with van der Waals surface area (Å²) in [5.74, 6) is -0.418. The normalized spacial score (nSPS) is 11.1. The number of halogens is 1. The van der Waals surface area contributed by atoms with Gasteiger partial charge in [-0.1, -0.05) is 29.8 Å². The third kappa shape index (κ3) is 4.90. The van der Waals surface area contributed by atoms with Crippen LogP contribution in [0.3, 0.4) is 0 Å². The van der Waals surface area contributed by atoms with Crippen molar-refractivity contribution in [3.8, 4) is 5.69 Å². The number of carbonyl (C=O) groups is 1. The van der Waals surface area contributed by atoms with E-state index < -0.39 is 20.9 Å². The first-order valence-electron chi connectivity index (χ1n) is 9.72. The van der Waals surface area contributed by atoms with Crippen molar-refractivity contribution >= 4 is 44.7 Å². The maximum Gasteiger partial charge on any atom is 0.270 e. The lowest BCUT2D eigenvalue weighted by molar-refractivity contribution is -0.384. The van der Waals surface area contributed by atoms with Crippen LogP contribution in [0.15, 0.2) is 90.0 Å². The Morgan fingerprint density at radius 3 is 2.38 bits per heavy atom. The summed E-state index contributed by atoms with van der Waals surface area (Å²) >= 11 is 5.99. The van der Waals surface area contributed by atoms with E-state index in [2.05, 4.69) is 15.1 Å². The third-order valence-corrected chi connectivity index (χ3v) is 6.41. The fourth-order valence-electron chi connectivity index (χ4n) is 3.07. The van der Waals surface area contributed by atoms with Crippen LogP contribution in [0.4, 0.5) is 17.2 Å². The van der Waals surface area contributed by atoms with Crippen LogP contribution in [0.5, 0.6) is 0 Å². The van der Waals surface area contributed by atoms with Gasteiger partial charge in [0.15, 0.2) is 0 Å². The molecule has 0 aliphatic carbocycles. The third-order valence-electron chi connectivity index (χ3n) is 4.71. The molecule has 0 unspecified atom stereocenters. The predicted octanol–water partition coefficient (Wildman–Crippen LogP) is 4.49. The fraction of sp³-hybridized carbons (Fsp3) is 0. The highest BCUT2D eigenvalue weighted by molar-refractivity contribution is 7.92. The highest BCUT2D eigenvalue weighted by Crippen LogP contribution is 2.24. The van der Waals surface area contributed by atoms with Crippen LogP contribution in [-0.2, 0) is 10.0 Å². The summed E-state index contributed by atoms with van der Waals surface area (Å²) in [4.78, 5) is 22.8. The molecule has 0 saturated carbocycles. The highest BCUT2D eigenvalue weighted by atomic mass is 35.5. The molecule has 0 aliphatic heterocycles. The number of para-hydroxylation sites is 1. The Morgan fingerprint density at radius 2 is 1.71 bits per heavy atom. The molecule has 2 N–H and O–H groups in total. The summed E-state index contributed by atoms with van der Waals surface area (Å²) in [5, 5.41) is 17.7. The SMILES string of the molecule is O=C(Nc1ccc(S(=O)(=O)Nc2ccnn2-c2ccccc2)cc1)c1cc([N+](=O)[O-])ccc1Cl. The molecule has 12 heteroatoms. The Morgan fingerprint density at radius 1 is 1.00 bits per heavy atom. The van der Waals surface area contributed by atoms with E-state index in [1.54, 1.807) is 12.1 Å². The maximum absolute atomic E-state index is 12.9. The average molecular weight is 498 g/mol. The van der Waals surface area contributed by atoms with E-state index in [4.69, 9.17) is 11.6 Å². The standard InChI is InChI=1S/C22H16ClN5O5S/c23-20-11-8-17(28(30)31)14-19(20)22(29)25-15-6-9-18(10-7-15)34(32,33)26-21-12-13-24-27(21)16-4-2-1-3-5-16/h1-14,26H,(H,25,29). The Bertz CT molecular complexity index is 1470. The molecule has 1 heterocycles. The van der Waals surface area contributed by atoms with Crippen LogP contribution in [0, 0.1) is 10.1 Å². The first-order chi connectivity index (χ1) is 16.2. The van der Waals surface area contributed by atoms with Crippen molar-refractivity contribution in [1.29, 1.82) is 0 Å². The molecule has 1 amide bonds. The van der Waals surface area contributed by atoms with E-state index >= 15 is 0 Å². The number of nitrogens with zero attached hydrogens (tertiary/aromatic N) is 3. The van der Waals surface area contributed by atoms with Crippen LogP contribution in [0.1, 0.15) is 10.4 Å². The molecular weight excluding hydrogens is 482 g/mol. The number of carbonyl (C=O) groups excluding carboxylic acids is 1. The summed E-state index contributed by atoms with van der Waals surface area (Å²) in [5.41, 5.74) is 0.601. The summed E-state index contributed by atoms with van der Waals surface area (Å²) in [7, 11) is -3.95. The zero-order valence-electron chi connectivity index (χ0n) is 17.3. The summed E-state index contributed by atoms with van der Waals surface area (Å²) in [6.45, 7) is 0. The van der Waals surface area contributed by atoms with Gasteiger partial charge in [0, 0.05) is 23.9 Å². The molecule has 10 nitrogen and oxygen atoms in total. The molecule has 0 atom stereocenters. The Labute approximate surface area is 199 Å². The second-order valence-electron chi connectivity index (χ2n) is 6.97. The molecule has 172 valence electrons. The zero-order chi connectivity index (χ0) is 24.3. The largest absolute Gasteiger partial charge is 0.322 e. The Balaban J connectivity index is 1.51. The first-order valence-corrected chi connectivity index (χ1v) is 11.6. The van der Waals surface area contributed by atoms with Gasteiger partial charge in [-0.05, 0) is 42.5 Å². The number of benzene rings is 3. The van der Waals surface area contributed by atoms with Crippen molar-refractivity contribution in [1.82, 2.24) is 9.78 Å². The van der Waals surface area contributed by atoms with Crippen molar-refractivity contribution in [3.05, 3.63) is 106 Å². The quantitative estimate of drug-likeness (QED) is 0.285. The van der Waals surface area contributed by atoms with Crippen molar-refractivity contribution in [2.75, 3.05) is 10.0 Å². The second-order valence-corrected chi connectivity index (χ2v) is 9.06. The zero-order valence-corrected chi connectivity index (χ0v) is 18.8. The molecular formula is C22H16ClN5O5S. The van der Waals surface area contributed by atoms with Gasteiger partial charge in [0.2, 0.25) is 0 Å². The molecule has 34 heavy (non-hydrogen) atoms. The number of non-ortho nitro benzene ring substituents is 1. The number of aromatic nitrogens is 2. The lowest BCUT2D eigenvalue weighted by Crippen LogP contribution is -2.16. The molecule has 0 saturated heterocycles. The number of hydrogen-bond acceptors (Lipinski definition) is 6. The van der Waals surface area contributed by atoms with Gasteiger partial charge in [-0.15, -0.1) is 0 Å². The monoisotopic (exact) mass is 497 g/mol. The molecule has 0 fully saturated rings. The topological polar surface area (TPSA) is 136 Å². The number of nitro benzene ring substituents is 1. The number of nitro groups is 1. The molecule has 0 aliphatic rings. The highest BCUT2D eigenvalue weighted by Gasteiger charge is 2.19. The van der Waals surface area contributed by atoms with Gasteiger partial charge in [0.1, 0.15) is 5.82 Å². The molecule has 0 radical (unpaired) electrons. The summed E-state index contributed by atoms with van der Waals surface area (Å²) in [6.07, 6.45) is 1.47.